The predicted molar refractivity (Wildman–Crippen MR) is 34.4 cm³/mol. The summed E-state index contributed by atoms with van der Waals surface area (Å²) in [7, 11) is 0.900. The Bertz CT molecular complexity index is 295. The van der Waals surface area contributed by atoms with Crippen LogP contribution < -0.4 is 5.32 Å². The van der Waals surface area contributed by atoms with Gasteiger partial charge in [-0.05, 0) is 0 Å². The number of amides is 3. The number of rotatable bonds is 0. The van der Waals surface area contributed by atoms with Crippen LogP contribution in [0.1, 0.15) is 0 Å². The van der Waals surface area contributed by atoms with Gasteiger partial charge >= 0.3 is 12.2 Å². The van der Waals surface area contributed by atoms with E-state index in [1.54, 1.807) is 0 Å². The van der Waals surface area contributed by atoms with E-state index in [2.05, 4.69) is 5.32 Å². The number of allylic oxidation sites excluding steroid dienone is 1. The van der Waals surface area contributed by atoms with Crippen molar-refractivity contribution in [2.75, 3.05) is 7.05 Å². The van der Waals surface area contributed by atoms with Gasteiger partial charge in [0.15, 0.2) is 0 Å². The predicted octanol–water partition coefficient (Wildman–Crippen LogP) is 0.629. The Morgan fingerprint density at radius 3 is 2.38 bits per heavy atom. The number of imide groups is 1. The Kier molecular flexibility index (Phi) is 2.02. The Morgan fingerprint density at radius 2 is 1.92 bits per heavy atom. The van der Waals surface area contributed by atoms with Gasteiger partial charge in [0.25, 0.3) is 5.91 Å². The van der Waals surface area contributed by atoms with E-state index in [9.17, 15) is 22.8 Å². The second-order valence-electron chi connectivity index (χ2n) is 2.32. The molecule has 0 aromatic rings. The molecule has 0 fully saturated rings. The van der Waals surface area contributed by atoms with Gasteiger partial charge in [0, 0.05) is 13.1 Å². The maximum absolute atomic E-state index is 12.1. The maximum atomic E-state index is 12.1. The number of alkyl halides is 3. The molecular weight excluding hydrogens is 189 g/mol. The molecule has 3 amide bonds. The topological polar surface area (TPSA) is 51.5 Å². The van der Waals surface area contributed by atoms with Crippen molar-refractivity contribution in [2.45, 2.75) is 6.18 Å². The standard InChI is InChI=1S/C6H4F3N2O2/c1-11-3(6(7,8)9)2-4(12)10-5(11)13/h2H,1H3. The zero-order chi connectivity index (χ0) is 10.2. The Morgan fingerprint density at radius 1 is 1.38 bits per heavy atom. The van der Waals surface area contributed by atoms with E-state index in [0.29, 0.717) is 0 Å². The molecule has 0 saturated heterocycles. The molecule has 0 atom stereocenters. The minimum Gasteiger partial charge on any atom is -0.291 e. The van der Waals surface area contributed by atoms with Crippen molar-refractivity contribution < 1.29 is 22.8 Å². The highest BCUT2D eigenvalue weighted by molar-refractivity contribution is 6.03. The quantitative estimate of drug-likeness (QED) is 0.566. The smallest absolute Gasteiger partial charge is 0.291 e. The zero-order valence-electron chi connectivity index (χ0n) is 6.42. The average molecular weight is 193 g/mol. The molecule has 0 saturated carbocycles. The Hall–Kier alpha value is -1.53. The average Bonchev–Trinajstić information content (AvgIpc) is 1.94. The zero-order valence-corrected chi connectivity index (χ0v) is 6.42. The van der Waals surface area contributed by atoms with Crippen molar-refractivity contribution in [2.24, 2.45) is 0 Å². The Labute approximate surface area is 71.0 Å². The first-order chi connectivity index (χ1) is 5.82. The highest BCUT2D eigenvalue weighted by Gasteiger charge is 2.42. The fourth-order valence-corrected chi connectivity index (χ4v) is 0.790. The number of urea groups is 1. The van der Waals surface area contributed by atoms with Crippen molar-refractivity contribution in [3.05, 3.63) is 11.8 Å². The highest BCUT2D eigenvalue weighted by Crippen LogP contribution is 2.28. The highest BCUT2D eigenvalue weighted by atomic mass is 19.4. The summed E-state index contributed by atoms with van der Waals surface area (Å²) >= 11 is 0. The SMILES string of the molecule is CN1C(=O)[N]C(=O)C=C1C(F)(F)F. The van der Waals surface area contributed by atoms with E-state index >= 15 is 0 Å². The molecule has 71 valence electrons. The largest absolute Gasteiger partial charge is 0.431 e. The van der Waals surface area contributed by atoms with Gasteiger partial charge < -0.3 is 0 Å². The molecule has 0 unspecified atom stereocenters. The summed E-state index contributed by atoms with van der Waals surface area (Å²) in [6.07, 6.45) is -4.43. The number of hydrogen-bond acceptors (Lipinski definition) is 2. The molecule has 1 rings (SSSR count). The lowest BCUT2D eigenvalue weighted by molar-refractivity contribution is -0.122. The summed E-state index contributed by atoms with van der Waals surface area (Å²) in [6, 6.07) is -1.21. The van der Waals surface area contributed by atoms with Gasteiger partial charge in [-0.3, -0.25) is 9.69 Å². The van der Waals surface area contributed by atoms with Crippen molar-refractivity contribution in [3.8, 4) is 0 Å². The van der Waals surface area contributed by atoms with E-state index in [1.165, 1.54) is 0 Å². The second kappa shape index (κ2) is 2.75. The Balaban J connectivity index is 3.07. The third-order valence-corrected chi connectivity index (χ3v) is 1.40. The number of carbonyl (C=O) groups excluding carboxylic acids is 2. The van der Waals surface area contributed by atoms with Gasteiger partial charge in [-0.15, -0.1) is 0 Å². The maximum Gasteiger partial charge on any atom is 0.431 e. The van der Waals surface area contributed by atoms with Crippen LogP contribution in [-0.2, 0) is 4.79 Å². The van der Waals surface area contributed by atoms with Crippen LogP contribution >= 0.6 is 0 Å². The van der Waals surface area contributed by atoms with Crippen molar-refractivity contribution in [1.29, 1.82) is 0 Å². The summed E-state index contributed by atoms with van der Waals surface area (Å²) < 4.78 is 36.2. The molecular formula is C6H4F3N2O2. The molecule has 0 aliphatic carbocycles. The number of halogens is 3. The van der Waals surface area contributed by atoms with E-state index in [1.807, 2.05) is 0 Å². The van der Waals surface area contributed by atoms with E-state index in [0.717, 1.165) is 7.05 Å². The van der Waals surface area contributed by atoms with Crippen LogP contribution in [-0.4, -0.2) is 30.1 Å². The minimum absolute atomic E-state index is 0.279. The monoisotopic (exact) mass is 193 g/mol. The molecule has 1 aliphatic rings. The fraction of sp³-hybridized carbons (Fsp3) is 0.333. The van der Waals surface area contributed by atoms with Gasteiger partial charge in [0.1, 0.15) is 5.70 Å². The summed E-state index contributed by atoms with van der Waals surface area (Å²) in [5.41, 5.74) is -1.29. The van der Waals surface area contributed by atoms with E-state index in [-0.39, 0.29) is 11.0 Å². The molecule has 7 heteroatoms. The van der Waals surface area contributed by atoms with Crippen LogP contribution in [0.2, 0.25) is 0 Å². The van der Waals surface area contributed by atoms with Crippen molar-refractivity contribution in [1.82, 2.24) is 10.2 Å². The molecule has 0 aromatic carbocycles. The lowest BCUT2D eigenvalue weighted by Gasteiger charge is -2.24. The van der Waals surface area contributed by atoms with Crippen molar-refractivity contribution >= 4 is 11.9 Å². The first-order valence-corrected chi connectivity index (χ1v) is 3.14. The van der Waals surface area contributed by atoms with Gasteiger partial charge in [-0.2, -0.15) is 18.5 Å². The molecule has 1 aliphatic heterocycles. The summed E-state index contributed by atoms with van der Waals surface area (Å²) in [4.78, 5) is 21.4. The first-order valence-electron chi connectivity index (χ1n) is 3.14. The first kappa shape index (κ1) is 9.56. The van der Waals surface area contributed by atoms with Gasteiger partial charge in [-0.1, -0.05) is 0 Å². The third kappa shape index (κ3) is 1.79. The molecule has 13 heavy (non-hydrogen) atoms. The van der Waals surface area contributed by atoms with Crippen molar-refractivity contribution in [3.63, 3.8) is 0 Å². The van der Waals surface area contributed by atoms with Crippen LogP contribution in [0.5, 0.6) is 0 Å². The molecule has 0 N–H and O–H groups in total. The van der Waals surface area contributed by atoms with Crippen LogP contribution in [0.4, 0.5) is 18.0 Å². The minimum atomic E-state index is -4.71. The lowest BCUT2D eigenvalue weighted by atomic mass is 10.3. The third-order valence-electron chi connectivity index (χ3n) is 1.40. The van der Waals surface area contributed by atoms with Crippen LogP contribution in [0.3, 0.4) is 0 Å². The normalized spacial score (nSPS) is 18.5. The number of hydrogen-bond donors (Lipinski definition) is 0. The van der Waals surface area contributed by atoms with Gasteiger partial charge in [0.05, 0.1) is 0 Å². The van der Waals surface area contributed by atoms with Crippen LogP contribution in [0.15, 0.2) is 11.8 Å². The fourth-order valence-electron chi connectivity index (χ4n) is 0.790. The van der Waals surface area contributed by atoms with Gasteiger partial charge in [0.2, 0.25) is 0 Å². The molecule has 0 aromatic heterocycles. The molecule has 1 radical (unpaired) electrons. The summed E-state index contributed by atoms with van der Waals surface area (Å²) in [6.45, 7) is 0. The molecule has 1 heterocycles. The van der Waals surface area contributed by atoms with E-state index in [4.69, 9.17) is 0 Å². The molecule has 0 spiro atoms. The second-order valence-corrected chi connectivity index (χ2v) is 2.32. The molecule has 4 nitrogen and oxygen atoms in total. The van der Waals surface area contributed by atoms with Crippen LogP contribution in [0.25, 0.3) is 0 Å². The summed E-state index contributed by atoms with van der Waals surface area (Å²) in [5.74, 6) is -1.18. The van der Waals surface area contributed by atoms with Crippen LogP contribution in [0, 0.1) is 0 Å². The number of nitrogens with zero attached hydrogens (tertiary/aromatic N) is 2. The van der Waals surface area contributed by atoms with Gasteiger partial charge in [-0.25, -0.2) is 4.79 Å². The summed E-state index contributed by atoms with van der Waals surface area (Å²) in [5, 5.41) is 2.80. The number of carbonyl (C=O) groups is 2. The van der Waals surface area contributed by atoms with E-state index < -0.39 is 23.8 Å². The molecule has 0 bridgehead atoms. The lowest BCUT2D eigenvalue weighted by Crippen LogP contribution is -2.43.